The lowest BCUT2D eigenvalue weighted by Gasteiger charge is -2.20. The van der Waals surface area contributed by atoms with Crippen LogP contribution in [0.25, 0.3) is 0 Å². The first-order valence-electron chi connectivity index (χ1n) is 6.73. The molecule has 6 nitrogen and oxygen atoms in total. The fourth-order valence-electron chi connectivity index (χ4n) is 1.96. The largest absolute Gasteiger partial charge is 0.481 e. The molecule has 1 aliphatic rings. The van der Waals surface area contributed by atoms with Crippen molar-refractivity contribution in [1.82, 2.24) is 10.2 Å². The highest BCUT2D eigenvalue weighted by atomic mass is 16.4. The van der Waals surface area contributed by atoms with E-state index >= 15 is 0 Å². The second kappa shape index (κ2) is 7.11. The van der Waals surface area contributed by atoms with Crippen LogP contribution in [0.2, 0.25) is 0 Å². The summed E-state index contributed by atoms with van der Waals surface area (Å²) in [6.07, 6.45) is 1.10. The third kappa shape index (κ3) is 5.28. The monoisotopic (exact) mass is 270 g/mol. The summed E-state index contributed by atoms with van der Waals surface area (Å²) < 4.78 is 0. The van der Waals surface area contributed by atoms with Gasteiger partial charge in [-0.3, -0.25) is 14.4 Å². The Morgan fingerprint density at radius 1 is 1.32 bits per heavy atom. The number of aliphatic carboxylic acids is 1. The van der Waals surface area contributed by atoms with Crippen molar-refractivity contribution >= 4 is 17.8 Å². The summed E-state index contributed by atoms with van der Waals surface area (Å²) in [7, 11) is 0. The number of carbonyl (C=O) groups excluding carboxylic acids is 2. The number of nitrogens with zero attached hydrogens (tertiary/aromatic N) is 1. The molecule has 1 saturated carbocycles. The average molecular weight is 270 g/mol. The molecule has 0 aliphatic heterocycles. The van der Waals surface area contributed by atoms with Gasteiger partial charge in [0.15, 0.2) is 0 Å². The number of carboxylic acid groups (broad SMARTS) is 1. The minimum absolute atomic E-state index is 0.0221. The Labute approximate surface area is 113 Å². The fourth-order valence-corrected chi connectivity index (χ4v) is 1.96. The van der Waals surface area contributed by atoms with Crippen LogP contribution in [0.15, 0.2) is 0 Å². The van der Waals surface area contributed by atoms with Crippen LogP contribution in [0.4, 0.5) is 0 Å². The van der Waals surface area contributed by atoms with E-state index in [4.69, 9.17) is 5.11 Å². The van der Waals surface area contributed by atoms with Crippen LogP contribution in [0.3, 0.4) is 0 Å². The minimum Gasteiger partial charge on any atom is -0.481 e. The number of carboxylic acids is 1. The van der Waals surface area contributed by atoms with Crippen molar-refractivity contribution in [2.75, 3.05) is 19.6 Å². The zero-order chi connectivity index (χ0) is 14.4. The molecule has 0 radical (unpaired) electrons. The summed E-state index contributed by atoms with van der Waals surface area (Å²) in [5.41, 5.74) is 0. The highest BCUT2D eigenvalue weighted by Crippen LogP contribution is 2.37. The molecular weight excluding hydrogens is 248 g/mol. The van der Waals surface area contributed by atoms with Gasteiger partial charge in [0.1, 0.15) is 0 Å². The number of rotatable bonds is 8. The summed E-state index contributed by atoms with van der Waals surface area (Å²) in [4.78, 5) is 35.3. The first kappa shape index (κ1) is 15.5. The van der Waals surface area contributed by atoms with Crippen LogP contribution in [-0.2, 0) is 14.4 Å². The smallest absolute Gasteiger partial charge is 0.305 e. The minimum atomic E-state index is -0.915. The molecule has 0 heterocycles. The maximum Gasteiger partial charge on any atom is 0.305 e. The van der Waals surface area contributed by atoms with E-state index in [0.29, 0.717) is 19.0 Å². The highest BCUT2D eigenvalue weighted by molar-refractivity contribution is 5.82. The molecule has 0 aromatic heterocycles. The SMILES string of the molecule is CCN(CCC(=O)O)C(=O)CCNC(=O)C1CC1C. The van der Waals surface area contributed by atoms with Gasteiger partial charge in [-0.1, -0.05) is 6.92 Å². The summed E-state index contributed by atoms with van der Waals surface area (Å²) >= 11 is 0. The highest BCUT2D eigenvalue weighted by Gasteiger charge is 2.38. The Balaban J connectivity index is 2.20. The first-order chi connectivity index (χ1) is 8.95. The quantitative estimate of drug-likeness (QED) is 0.671. The number of nitrogens with one attached hydrogen (secondary N) is 1. The predicted molar refractivity (Wildman–Crippen MR) is 69.4 cm³/mol. The number of amides is 2. The Hall–Kier alpha value is -1.59. The summed E-state index contributed by atoms with van der Waals surface area (Å²) in [5.74, 6) is -0.438. The molecule has 1 rings (SSSR count). The molecular formula is C13H22N2O4. The molecule has 1 fully saturated rings. The second-order valence-corrected chi connectivity index (χ2v) is 4.98. The maximum absolute atomic E-state index is 11.8. The molecule has 2 N–H and O–H groups in total. The topological polar surface area (TPSA) is 86.7 Å². The van der Waals surface area contributed by atoms with Gasteiger partial charge in [-0.05, 0) is 19.3 Å². The molecule has 0 saturated heterocycles. The molecule has 2 unspecified atom stereocenters. The first-order valence-corrected chi connectivity index (χ1v) is 6.73. The van der Waals surface area contributed by atoms with E-state index in [-0.39, 0.29) is 37.1 Å². The van der Waals surface area contributed by atoms with Crippen molar-refractivity contribution < 1.29 is 19.5 Å². The van der Waals surface area contributed by atoms with Crippen LogP contribution in [0.5, 0.6) is 0 Å². The molecule has 0 bridgehead atoms. The van der Waals surface area contributed by atoms with Gasteiger partial charge in [0.25, 0.3) is 0 Å². The Morgan fingerprint density at radius 2 is 1.95 bits per heavy atom. The van der Waals surface area contributed by atoms with E-state index < -0.39 is 5.97 Å². The van der Waals surface area contributed by atoms with E-state index in [0.717, 1.165) is 6.42 Å². The van der Waals surface area contributed by atoms with Crippen molar-refractivity contribution in [2.24, 2.45) is 11.8 Å². The number of hydrogen-bond donors (Lipinski definition) is 2. The summed E-state index contributed by atoms with van der Waals surface area (Å²) in [6.45, 7) is 4.87. The Bertz CT molecular complexity index is 357. The molecule has 2 atom stereocenters. The summed E-state index contributed by atoms with van der Waals surface area (Å²) in [5, 5.41) is 11.3. The molecule has 108 valence electrons. The maximum atomic E-state index is 11.8. The van der Waals surface area contributed by atoms with Gasteiger partial charge in [-0.2, -0.15) is 0 Å². The molecule has 0 aromatic carbocycles. The fraction of sp³-hybridized carbons (Fsp3) is 0.769. The zero-order valence-electron chi connectivity index (χ0n) is 11.5. The molecule has 0 aromatic rings. The van der Waals surface area contributed by atoms with Gasteiger partial charge in [0.05, 0.1) is 6.42 Å². The third-order valence-electron chi connectivity index (χ3n) is 3.41. The van der Waals surface area contributed by atoms with Crippen molar-refractivity contribution in [3.8, 4) is 0 Å². The van der Waals surface area contributed by atoms with E-state index in [1.165, 1.54) is 4.90 Å². The lowest BCUT2D eigenvalue weighted by molar-refractivity contribution is -0.138. The van der Waals surface area contributed by atoms with Gasteiger partial charge >= 0.3 is 5.97 Å². The number of hydrogen-bond acceptors (Lipinski definition) is 3. The van der Waals surface area contributed by atoms with E-state index in [1.807, 2.05) is 13.8 Å². The van der Waals surface area contributed by atoms with Gasteiger partial charge in [0, 0.05) is 32.0 Å². The summed E-state index contributed by atoms with van der Waals surface area (Å²) in [6, 6.07) is 0. The van der Waals surface area contributed by atoms with Gasteiger partial charge in [-0.15, -0.1) is 0 Å². The van der Waals surface area contributed by atoms with Crippen molar-refractivity contribution in [3.63, 3.8) is 0 Å². The van der Waals surface area contributed by atoms with Crippen LogP contribution in [0.1, 0.15) is 33.1 Å². The van der Waals surface area contributed by atoms with Crippen molar-refractivity contribution in [2.45, 2.75) is 33.1 Å². The standard InChI is InChI=1S/C13H22N2O4/c1-3-15(7-5-12(17)18)11(16)4-6-14-13(19)10-8-9(10)2/h9-10H,3-8H2,1-2H3,(H,14,19)(H,17,18). The van der Waals surface area contributed by atoms with Gasteiger partial charge in [-0.25, -0.2) is 0 Å². The second-order valence-electron chi connectivity index (χ2n) is 4.98. The molecule has 6 heteroatoms. The lowest BCUT2D eigenvalue weighted by Crippen LogP contribution is -2.36. The molecule has 0 spiro atoms. The van der Waals surface area contributed by atoms with Crippen LogP contribution in [0, 0.1) is 11.8 Å². The molecule has 2 amide bonds. The van der Waals surface area contributed by atoms with Crippen molar-refractivity contribution in [1.29, 1.82) is 0 Å². The van der Waals surface area contributed by atoms with Crippen LogP contribution in [-0.4, -0.2) is 47.4 Å². The molecule has 19 heavy (non-hydrogen) atoms. The van der Waals surface area contributed by atoms with Gasteiger partial charge < -0.3 is 15.3 Å². The van der Waals surface area contributed by atoms with Crippen LogP contribution < -0.4 is 5.32 Å². The molecule has 1 aliphatic carbocycles. The van der Waals surface area contributed by atoms with E-state index in [2.05, 4.69) is 5.32 Å². The van der Waals surface area contributed by atoms with E-state index in [9.17, 15) is 14.4 Å². The Kier molecular flexibility index (Phi) is 5.79. The third-order valence-corrected chi connectivity index (χ3v) is 3.41. The van der Waals surface area contributed by atoms with Crippen molar-refractivity contribution in [3.05, 3.63) is 0 Å². The van der Waals surface area contributed by atoms with Gasteiger partial charge in [0.2, 0.25) is 11.8 Å². The Morgan fingerprint density at radius 3 is 2.42 bits per heavy atom. The normalized spacial score (nSPS) is 20.7. The van der Waals surface area contributed by atoms with Crippen LogP contribution >= 0.6 is 0 Å². The lowest BCUT2D eigenvalue weighted by atomic mass is 10.3. The number of carbonyl (C=O) groups is 3. The average Bonchev–Trinajstić information content (AvgIpc) is 3.06. The zero-order valence-corrected chi connectivity index (χ0v) is 11.5. The van der Waals surface area contributed by atoms with E-state index in [1.54, 1.807) is 0 Å². The predicted octanol–water partition coefficient (Wildman–Crippen LogP) is 0.472.